The van der Waals surface area contributed by atoms with Gasteiger partial charge in [-0.15, -0.1) is 11.8 Å². The maximum absolute atomic E-state index is 5.51. The molecule has 3 unspecified atom stereocenters. The summed E-state index contributed by atoms with van der Waals surface area (Å²) in [6.07, 6.45) is 3.69. The molecule has 3 atom stereocenters. The Labute approximate surface area is 128 Å². The summed E-state index contributed by atoms with van der Waals surface area (Å²) in [5, 5.41) is 7.77. The van der Waals surface area contributed by atoms with E-state index in [1.54, 1.807) is 11.8 Å². The van der Waals surface area contributed by atoms with Gasteiger partial charge in [0.25, 0.3) is 0 Å². The minimum atomic E-state index is 0.425. The van der Waals surface area contributed by atoms with Crippen LogP contribution in [0.1, 0.15) is 42.5 Å². The molecule has 1 N–H and O–H groups in total. The van der Waals surface area contributed by atoms with Crippen molar-refractivity contribution in [2.75, 3.05) is 0 Å². The van der Waals surface area contributed by atoms with Crippen LogP contribution in [0.15, 0.2) is 33.7 Å². The van der Waals surface area contributed by atoms with Gasteiger partial charge in [0.1, 0.15) is 0 Å². The van der Waals surface area contributed by atoms with Gasteiger partial charge in [0.05, 0.1) is 11.7 Å². The first-order valence-corrected chi connectivity index (χ1v) is 8.55. The van der Waals surface area contributed by atoms with Crippen LogP contribution in [0.5, 0.6) is 0 Å². The molecule has 4 rings (SSSR count). The number of benzene rings is 1. The SMILES string of the molecule is Cc1ccccc1SCc1noc(C2CC3CCC2N3)n1. The Morgan fingerprint density at radius 1 is 1.33 bits per heavy atom. The van der Waals surface area contributed by atoms with E-state index in [0.29, 0.717) is 18.0 Å². The van der Waals surface area contributed by atoms with Gasteiger partial charge in [-0.3, -0.25) is 0 Å². The highest BCUT2D eigenvalue weighted by atomic mass is 32.2. The van der Waals surface area contributed by atoms with Crippen molar-refractivity contribution in [2.24, 2.45) is 0 Å². The second kappa shape index (κ2) is 5.46. The van der Waals surface area contributed by atoms with Crippen molar-refractivity contribution in [3.05, 3.63) is 41.5 Å². The Balaban J connectivity index is 1.42. The van der Waals surface area contributed by atoms with Gasteiger partial charge in [-0.2, -0.15) is 4.98 Å². The van der Waals surface area contributed by atoms with Crippen molar-refractivity contribution >= 4 is 11.8 Å². The molecule has 110 valence electrons. The van der Waals surface area contributed by atoms with Gasteiger partial charge >= 0.3 is 0 Å². The molecule has 2 aliphatic rings. The topological polar surface area (TPSA) is 51.0 Å². The van der Waals surface area contributed by atoms with Crippen LogP contribution in [0.2, 0.25) is 0 Å². The number of thioether (sulfide) groups is 1. The van der Waals surface area contributed by atoms with E-state index in [1.807, 2.05) is 0 Å². The molecule has 2 bridgehead atoms. The Morgan fingerprint density at radius 2 is 2.24 bits per heavy atom. The second-order valence-electron chi connectivity index (χ2n) is 5.99. The van der Waals surface area contributed by atoms with Gasteiger partial charge in [-0.05, 0) is 37.8 Å². The Bertz CT molecular complexity index is 642. The van der Waals surface area contributed by atoms with Crippen molar-refractivity contribution in [3.8, 4) is 0 Å². The lowest BCUT2D eigenvalue weighted by Crippen LogP contribution is -2.21. The van der Waals surface area contributed by atoms with Crippen molar-refractivity contribution in [1.29, 1.82) is 0 Å². The summed E-state index contributed by atoms with van der Waals surface area (Å²) < 4.78 is 5.51. The molecule has 2 aliphatic heterocycles. The van der Waals surface area contributed by atoms with E-state index >= 15 is 0 Å². The van der Waals surface area contributed by atoms with E-state index in [0.717, 1.165) is 23.9 Å². The lowest BCUT2D eigenvalue weighted by atomic mass is 9.89. The van der Waals surface area contributed by atoms with Crippen LogP contribution in [0, 0.1) is 6.92 Å². The van der Waals surface area contributed by atoms with Gasteiger partial charge < -0.3 is 9.84 Å². The minimum Gasteiger partial charge on any atom is -0.339 e. The third-order valence-corrected chi connectivity index (χ3v) is 5.72. The summed E-state index contributed by atoms with van der Waals surface area (Å²) in [6.45, 7) is 2.13. The maximum Gasteiger partial charge on any atom is 0.231 e. The van der Waals surface area contributed by atoms with Crippen molar-refractivity contribution in [3.63, 3.8) is 0 Å². The van der Waals surface area contributed by atoms with Crippen molar-refractivity contribution in [2.45, 2.75) is 54.8 Å². The molecule has 1 aromatic heterocycles. The number of aromatic nitrogens is 2. The predicted molar refractivity (Wildman–Crippen MR) is 82.3 cm³/mol. The molecule has 0 spiro atoms. The standard InChI is InChI=1S/C16H19N3OS/c1-10-4-2-3-5-14(10)21-9-15-18-16(20-19-15)12-8-11-6-7-13(12)17-11/h2-5,11-13,17H,6-9H2,1H3. The first kappa shape index (κ1) is 13.3. The largest absolute Gasteiger partial charge is 0.339 e. The summed E-state index contributed by atoms with van der Waals surface area (Å²) in [5.74, 6) is 2.83. The molecule has 0 radical (unpaired) electrons. The van der Waals surface area contributed by atoms with Gasteiger partial charge in [-0.1, -0.05) is 23.4 Å². The monoisotopic (exact) mass is 301 g/mol. The lowest BCUT2D eigenvalue weighted by Gasteiger charge is -2.15. The maximum atomic E-state index is 5.51. The summed E-state index contributed by atoms with van der Waals surface area (Å²) in [7, 11) is 0. The fourth-order valence-corrected chi connectivity index (χ4v) is 4.31. The number of rotatable bonds is 4. The fourth-order valence-electron chi connectivity index (χ4n) is 3.43. The van der Waals surface area contributed by atoms with E-state index in [2.05, 4.69) is 46.6 Å². The smallest absolute Gasteiger partial charge is 0.231 e. The highest BCUT2D eigenvalue weighted by Crippen LogP contribution is 2.39. The van der Waals surface area contributed by atoms with Gasteiger partial charge in [0, 0.05) is 17.0 Å². The number of hydrogen-bond donors (Lipinski definition) is 1. The quantitative estimate of drug-likeness (QED) is 0.878. The van der Waals surface area contributed by atoms with Gasteiger partial charge in [0.15, 0.2) is 5.82 Å². The molecule has 1 aromatic carbocycles. The van der Waals surface area contributed by atoms with Crippen LogP contribution in [0.4, 0.5) is 0 Å². The lowest BCUT2D eigenvalue weighted by molar-refractivity contribution is 0.327. The molecule has 21 heavy (non-hydrogen) atoms. The number of aryl methyl sites for hydroxylation is 1. The summed E-state index contributed by atoms with van der Waals surface area (Å²) >= 11 is 1.77. The van der Waals surface area contributed by atoms with E-state index in [9.17, 15) is 0 Å². The number of nitrogens with zero attached hydrogens (tertiary/aromatic N) is 2. The van der Waals surface area contributed by atoms with E-state index in [1.165, 1.54) is 23.3 Å². The minimum absolute atomic E-state index is 0.425. The van der Waals surface area contributed by atoms with Crippen LogP contribution in [0.25, 0.3) is 0 Å². The molecule has 3 heterocycles. The zero-order valence-electron chi connectivity index (χ0n) is 12.1. The molecule has 4 nitrogen and oxygen atoms in total. The average molecular weight is 301 g/mol. The van der Waals surface area contributed by atoms with Crippen molar-refractivity contribution in [1.82, 2.24) is 15.5 Å². The number of fused-ring (bicyclic) bond motifs is 2. The number of hydrogen-bond acceptors (Lipinski definition) is 5. The molecule has 2 saturated heterocycles. The molecular formula is C16H19N3OS. The molecule has 0 saturated carbocycles. The molecule has 5 heteroatoms. The first-order valence-electron chi connectivity index (χ1n) is 7.56. The van der Waals surface area contributed by atoms with Crippen LogP contribution >= 0.6 is 11.8 Å². The van der Waals surface area contributed by atoms with Crippen LogP contribution in [-0.4, -0.2) is 22.2 Å². The predicted octanol–water partition coefficient (Wildman–Crippen LogP) is 3.28. The third-order valence-electron chi connectivity index (χ3n) is 4.55. The average Bonchev–Trinajstić information content (AvgIpc) is 3.22. The zero-order valence-corrected chi connectivity index (χ0v) is 12.9. The Morgan fingerprint density at radius 3 is 3.00 bits per heavy atom. The highest BCUT2D eigenvalue weighted by molar-refractivity contribution is 7.98. The molecule has 0 amide bonds. The normalized spacial score (nSPS) is 27.4. The van der Waals surface area contributed by atoms with Crippen LogP contribution in [-0.2, 0) is 5.75 Å². The van der Waals surface area contributed by atoms with E-state index < -0.39 is 0 Å². The third kappa shape index (κ3) is 2.60. The van der Waals surface area contributed by atoms with E-state index in [-0.39, 0.29) is 0 Å². The highest BCUT2D eigenvalue weighted by Gasteiger charge is 2.42. The Kier molecular flexibility index (Phi) is 3.47. The van der Waals surface area contributed by atoms with Crippen molar-refractivity contribution < 1.29 is 4.52 Å². The fraction of sp³-hybridized carbons (Fsp3) is 0.500. The first-order chi connectivity index (χ1) is 10.3. The molecule has 2 fully saturated rings. The summed E-state index contributed by atoms with van der Waals surface area (Å²) in [4.78, 5) is 5.90. The van der Waals surface area contributed by atoms with Gasteiger partial charge in [-0.25, -0.2) is 0 Å². The second-order valence-corrected chi connectivity index (χ2v) is 7.01. The van der Waals surface area contributed by atoms with Crippen LogP contribution < -0.4 is 5.32 Å². The summed E-state index contributed by atoms with van der Waals surface area (Å²) in [6, 6.07) is 9.61. The van der Waals surface area contributed by atoms with E-state index in [4.69, 9.17) is 4.52 Å². The zero-order chi connectivity index (χ0) is 14.2. The van der Waals surface area contributed by atoms with Crippen LogP contribution in [0.3, 0.4) is 0 Å². The summed E-state index contributed by atoms with van der Waals surface area (Å²) in [5.41, 5.74) is 1.29. The Hall–Kier alpha value is -1.33. The molecule has 2 aromatic rings. The molecule has 0 aliphatic carbocycles. The molecular weight excluding hydrogens is 282 g/mol. The number of nitrogens with one attached hydrogen (secondary N) is 1. The van der Waals surface area contributed by atoms with Gasteiger partial charge in [0.2, 0.25) is 5.89 Å².